The lowest BCUT2D eigenvalue weighted by molar-refractivity contribution is 0.659. The zero-order valence-corrected chi connectivity index (χ0v) is 17.9. The third kappa shape index (κ3) is 2.19. The molecule has 1 heterocycles. The molecule has 0 aromatic heterocycles. The summed E-state index contributed by atoms with van der Waals surface area (Å²) in [4.78, 5) is 2.66. The van der Waals surface area contributed by atoms with E-state index in [1.165, 1.54) is 54.3 Å². The van der Waals surface area contributed by atoms with Crippen LogP contribution in [0.3, 0.4) is 0 Å². The second-order valence-electron chi connectivity index (χ2n) is 8.66. The number of benzene rings is 4. The number of aryl methyl sites for hydroxylation is 1. The average molecular weight is 410 g/mol. The maximum Gasteiger partial charge on any atom is 0.113 e. The summed E-state index contributed by atoms with van der Waals surface area (Å²) in [5.74, 6) is 0. The predicted octanol–water partition coefficient (Wildman–Crippen LogP) is 6.04. The Balaban J connectivity index is 1.69. The average Bonchev–Trinajstić information content (AvgIpc) is 3.11. The molecule has 3 aliphatic rings. The van der Waals surface area contributed by atoms with Gasteiger partial charge in [-0.25, -0.2) is 0 Å². The highest BCUT2D eigenvalue weighted by atomic mass is 32.2. The minimum Gasteiger partial charge on any atom is -0.0963 e. The van der Waals surface area contributed by atoms with Crippen molar-refractivity contribution in [3.8, 4) is 0 Å². The SMILES string of the molecule is [B]c1ccc2c(c1)C1(C3=C(c4ccccc4CC3)c3ccccc31)c1ccccc1S2. The third-order valence-electron chi connectivity index (χ3n) is 7.20. The van der Waals surface area contributed by atoms with Crippen molar-refractivity contribution in [1.82, 2.24) is 0 Å². The summed E-state index contributed by atoms with van der Waals surface area (Å²) in [5.41, 5.74) is 11.9. The number of rotatable bonds is 0. The molecule has 7 rings (SSSR count). The van der Waals surface area contributed by atoms with E-state index in [-0.39, 0.29) is 5.41 Å². The van der Waals surface area contributed by atoms with Crippen LogP contribution < -0.4 is 5.46 Å². The molecule has 0 saturated heterocycles. The first-order chi connectivity index (χ1) is 15.3. The van der Waals surface area contributed by atoms with Crippen LogP contribution in [0.1, 0.15) is 39.8 Å². The van der Waals surface area contributed by atoms with Crippen LogP contribution in [-0.2, 0) is 11.8 Å². The molecule has 31 heavy (non-hydrogen) atoms. The molecule has 2 radical (unpaired) electrons. The second kappa shape index (κ2) is 6.28. The van der Waals surface area contributed by atoms with Crippen molar-refractivity contribution in [2.45, 2.75) is 28.0 Å². The Kier molecular flexibility index (Phi) is 3.58. The van der Waals surface area contributed by atoms with Crippen molar-refractivity contribution in [2.75, 3.05) is 0 Å². The lowest BCUT2D eigenvalue weighted by atomic mass is 9.64. The lowest BCUT2D eigenvalue weighted by Gasteiger charge is -2.42. The lowest BCUT2D eigenvalue weighted by Crippen LogP contribution is -2.34. The fourth-order valence-electron chi connectivity index (χ4n) is 6.08. The normalized spacial score (nSPS) is 20.0. The molecule has 1 spiro atoms. The Morgan fingerprint density at radius 3 is 2.26 bits per heavy atom. The summed E-state index contributed by atoms with van der Waals surface area (Å²) in [6.45, 7) is 0. The fourth-order valence-corrected chi connectivity index (χ4v) is 7.25. The predicted molar refractivity (Wildman–Crippen MR) is 130 cm³/mol. The van der Waals surface area contributed by atoms with Crippen LogP contribution in [-0.4, -0.2) is 7.85 Å². The zero-order chi connectivity index (χ0) is 20.6. The van der Waals surface area contributed by atoms with Gasteiger partial charge in [0.15, 0.2) is 0 Å². The standard InChI is InChI=1S/C29H19BS/c30-19-14-16-27-25(17-19)29(23-11-5-6-12-26(23)31-27)22-10-4-3-9-21(22)28-20-8-2-1-7-18(20)13-15-24(28)29/h1-12,14,16-17H,13,15H2. The second-order valence-corrected chi connectivity index (χ2v) is 9.74. The molecule has 1 unspecified atom stereocenters. The van der Waals surface area contributed by atoms with Crippen molar-refractivity contribution in [3.63, 3.8) is 0 Å². The Bertz CT molecular complexity index is 1430. The van der Waals surface area contributed by atoms with Gasteiger partial charge < -0.3 is 0 Å². The van der Waals surface area contributed by atoms with Crippen LogP contribution in [0.25, 0.3) is 5.57 Å². The minimum atomic E-state index is -0.272. The van der Waals surface area contributed by atoms with Crippen molar-refractivity contribution >= 4 is 30.6 Å². The van der Waals surface area contributed by atoms with Gasteiger partial charge in [-0.05, 0) is 69.5 Å². The van der Waals surface area contributed by atoms with Crippen LogP contribution in [0.2, 0.25) is 0 Å². The van der Waals surface area contributed by atoms with Gasteiger partial charge in [0.1, 0.15) is 7.85 Å². The Labute approximate surface area is 188 Å². The molecule has 1 atom stereocenters. The topological polar surface area (TPSA) is 0 Å². The van der Waals surface area contributed by atoms with E-state index in [4.69, 9.17) is 7.85 Å². The highest BCUT2D eigenvalue weighted by Crippen LogP contribution is 2.63. The van der Waals surface area contributed by atoms with Crippen LogP contribution in [0.5, 0.6) is 0 Å². The molecule has 0 fully saturated rings. The smallest absolute Gasteiger partial charge is 0.0963 e. The van der Waals surface area contributed by atoms with Gasteiger partial charge in [-0.1, -0.05) is 96.1 Å². The molecule has 0 amide bonds. The molecule has 0 N–H and O–H groups in total. The largest absolute Gasteiger partial charge is 0.113 e. The Hall–Kier alpha value is -2.97. The summed E-state index contributed by atoms with van der Waals surface area (Å²) < 4.78 is 0. The molecule has 0 saturated carbocycles. The number of fused-ring (bicyclic) bond motifs is 10. The summed E-state index contributed by atoms with van der Waals surface area (Å²) in [7, 11) is 6.39. The number of allylic oxidation sites excluding steroid dienone is 1. The third-order valence-corrected chi connectivity index (χ3v) is 8.36. The molecule has 2 heteroatoms. The van der Waals surface area contributed by atoms with E-state index in [0.29, 0.717) is 0 Å². The molecule has 0 bridgehead atoms. The first-order valence-corrected chi connectivity index (χ1v) is 11.7. The molecule has 1 aliphatic heterocycles. The Morgan fingerprint density at radius 1 is 0.645 bits per heavy atom. The summed E-state index contributed by atoms with van der Waals surface area (Å²) in [5, 5.41) is 0. The van der Waals surface area contributed by atoms with Crippen molar-refractivity contribution in [1.29, 1.82) is 0 Å². The molecule has 144 valence electrons. The van der Waals surface area contributed by atoms with E-state index >= 15 is 0 Å². The summed E-state index contributed by atoms with van der Waals surface area (Å²) in [6, 6.07) is 33.4. The number of hydrogen-bond acceptors (Lipinski definition) is 1. The van der Waals surface area contributed by atoms with Crippen LogP contribution in [0.15, 0.2) is 106 Å². The van der Waals surface area contributed by atoms with Gasteiger partial charge in [-0.15, -0.1) is 0 Å². The van der Waals surface area contributed by atoms with E-state index in [2.05, 4.69) is 84.9 Å². The van der Waals surface area contributed by atoms with Gasteiger partial charge in [0.2, 0.25) is 0 Å². The van der Waals surface area contributed by atoms with Crippen molar-refractivity contribution in [2.24, 2.45) is 0 Å². The zero-order valence-electron chi connectivity index (χ0n) is 17.1. The van der Waals surface area contributed by atoms with Crippen LogP contribution in [0.4, 0.5) is 0 Å². The maximum absolute atomic E-state index is 6.39. The van der Waals surface area contributed by atoms with E-state index in [1.807, 2.05) is 17.8 Å². The van der Waals surface area contributed by atoms with E-state index in [0.717, 1.165) is 18.3 Å². The van der Waals surface area contributed by atoms with Crippen LogP contribution in [0, 0.1) is 0 Å². The quantitative estimate of drug-likeness (QED) is 0.319. The maximum atomic E-state index is 6.39. The van der Waals surface area contributed by atoms with E-state index in [9.17, 15) is 0 Å². The molecule has 4 aromatic carbocycles. The van der Waals surface area contributed by atoms with Crippen molar-refractivity contribution in [3.05, 3.63) is 130 Å². The van der Waals surface area contributed by atoms with Crippen LogP contribution >= 0.6 is 11.8 Å². The van der Waals surface area contributed by atoms with Gasteiger partial charge in [-0.2, -0.15) is 0 Å². The molecule has 0 nitrogen and oxygen atoms in total. The van der Waals surface area contributed by atoms with E-state index < -0.39 is 0 Å². The minimum absolute atomic E-state index is 0.272. The van der Waals surface area contributed by atoms with Crippen molar-refractivity contribution < 1.29 is 0 Å². The summed E-state index contributed by atoms with van der Waals surface area (Å²) >= 11 is 1.87. The first-order valence-electron chi connectivity index (χ1n) is 10.9. The van der Waals surface area contributed by atoms with E-state index in [1.54, 1.807) is 0 Å². The molecular weight excluding hydrogens is 391 g/mol. The highest BCUT2D eigenvalue weighted by molar-refractivity contribution is 7.99. The van der Waals surface area contributed by atoms with Gasteiger partial charge in [0, 0.05) is 9.79 Å². The van der Waals surface area contributed by atoms with Gasteiger partial charge >= 0.3 is 0 Å². The number of hydrogen-bond donors (Lipinski definition) is 0. The molecule has 4 aromatic rings. The Morgan fingerprint density at radius 2 is 1.35 bits per heavy atom. The fraction of sp³-hybridized carbons (Fsp3) is 0.103. The highest BCUT2D eigenvalue weighted by Gasteiger charge is 2.52. The summed E-state index contributed by atoms with van der Waals surface area (Å²) in [6.07, 6.45) is 2.14. The molecular formula is C29H19BS. The van der Waals surface area contributed by atoms with Gasteiger partial charge in [-0.3, -0.25) is 0 Å². The molecule has 2 aliphatic carbocycles. The monoisotopic (exact) mass is 410 g/mol. The van der Waals surface area contributed by atoms with Gasteiger partial charge in [0.25, 0.3) is 0 Å². The van der Waals surface area contributed by atoms with Gasteiger partial charge in [0.05, 0.1) is 5.41 Å². The first kappa shape index (κ1) is 17.7.